The van der Waals surface area contributed by atoms with E-state index in [1.807, 2.05) is 78.2 Å². The molecule has 0 aliphatic carbocycles. The van der Waals surface area contributed by atoms with Crippen LogP contribution in [-0.4, -0.2) is 27.4 Å². The highest BCUT2D eigenvalue weighted by molar-refractivity contribution is 5.75. The molecule has 0 saturated carbocycles. The second kappa shape index (κ2) is 9.23. The van der Waals surface area contributed by atoms with E-state index in [1.54, 1.807) is 0 Å². The first-order valence-corrected chi connectivity index (χ1v) is 10.5. The fraction of sp³-hybridized carbons (Fsp3) is 0.269. The number of rotatable bonds is 8. The van der Waals surface area contributed by atoms with Crippen LogP contribution in [0.3, 0.4) is 0 Å². The lowest BCUT2D eigenvalue weighted by Gasteiger charge is -2.16. The molecule has 5 heteroatoms. The van der Waals surface area contributed by atoms with Gasteiger partial charge in [-0.25, -0.2) is 4.98 Å². The van der Waals surface area contributed by atoms with E-state index in [0.717, 1.165) is 28.4 Å². The molecular formula is C26H28N2O3. The van der Waals surface area contributed by atoms with Gasteiger partial charge in [0.25, 0.3) is 0 Å². The second-order valence-corrected chi connectivity index (χ2v) is 7.94. The van der Waals surface area contributed by atoms with Crippen molar-refractivity contribution in [2.24, 2.45) is 0 Å². The van der Waals surface area contributed by atoms with Crippen LogP contribution in [0.1, 0.15) is 22.5 Å². The molecule has 1 N–H and O–H groups in total. The molecule has 0 aliphatic heterocycles. The Balaban J connectivity index is 1.47. The smallest absolute Gasteiger partial charge is 0.148 e. The molecule has 0 aliphatic rings. The summed E-state index contributed by atoms with van der Waals surface area (Å²) in [7, 11) is 0. The number of fused-ring (bicyclic) bond motifs is 1. The molecule has 3 aromatic carbocycles. The Hall–Kier alpha value is -3.31. The molecule has 1 heterocycles. The number of para-hydroxylation sites is 2. The van der Waals surface area contributed by atoms with Crippen molar-refractivity contribution in [3.63, 3.8) is 0 Å². The lowest BCUT2D eigenvalue weighted by atomic mass is 10.1. The predicted molar refractivity (Wildman–Crippen MR) is 123 cm³/mol. The second-order valence-electron chi connectivity index (χ2n) is 7.94. The number of aliphatic hydroxyl groups excluding tert-OH is 1. The van der Waals surface area contributed by atoms with Crippen LogP contribution in [0.15, 0.2) is 66.7 Å². The minimum absolute atomic E-state index is 0.202. The zero-order valence-corrected chi connectivity index (χ0v) is 18.2. The molecule has 160 valence electrons. The van der Waals surface area contributed by atoms with Gasteiger partial charge in [0.2, 0.25) is 0 Å². The SMILES string of the molecule is Cc1ccc(OCc2nc3ccccc3n2CC(O)COc2ccc(C)c(C)c2)cc1. The van der Waals surface area contributed by atoms with Gasteiger partial charge in [0.15, 0.2) is 0 Å². The van der Waals surface area contributed by atoms with E-state index in [2.05, 4.69) is 13.8 Å². The third-order valence-electron chi connectivity index (χ3n) is 5.44. The zero-order chi connectivity index (χ0) is 21.8. The van der Waals surface area contributed by atoms with Crippen LogP contribution in [0.5, 0.6) is 11.5 Å². The van der Waals surface area contributed by atoms with Crippen molar-refractivity contribution in [3.05, 3.63) is 89.2 Å². The molecule has 31 heavy (non-hydrogen) atoms. The molecule has 0 amide bonds. The molecule has 0 spiro atoms. The molecule has 0 fully saturated rings. The predicted octanol–water partition coefficient (Wildman–Crippen LogP) is 4.98. The molecular weight excluding hydrogens is 388 g/mol. The highest BCUT2D eigenvalue weighted by Gasteiger charge is 2.15. The number of nitrogens with zero attached hydrogens (tertiary/aromatic N) is 2. The van der Waals surface area contributed by atoms with Crippen molar-refractivity contribution in [2.75, 3.05) is 6.61 Å². The van der Waals surface area contributed by atoms with Crippen molar-refractivity contribution in [1.82, 2.24) is 9.55 Å². The molecule has 0 radical (unpaired) electrons. The fourth-order valence-corrected chi connectivity index (χ4v) is 3.48. The van der Waals surface area contributed by atoms with Crippen LogP contribution in [0, 0.1) is 20.8 Å². The molecule has 4 rings (SSSR count). The number of hydrogen-bond donors (Lipinski definition) is 1. The number of imidazole rings is 1. The molecule has 1 aromatic heterocycles. The highest BCUT2D eigenvalue weighted by atomic mass is 16.5. The number of hydrogen-bond acceptors (Lipinski definition) is 4. The van der Waals surface area contributed by atoms with Gasteiger partial charge in [-0.2, -0.15) is 0 Å². The summed E-state index contributed by atoms with van der Waals surface area (Å²) in [6.07, 6.45) is -0.683. The first kappa shape index (κ1) is 20.9. The van der Waals surface area contributed by atoms with Gasteiger partial charge in [0.1, 0.15) is 36.6 Å². The first-order chi connectivity index (χ1) is 15.0. The Morgan fingerprint density at radius 1 is 0.871 bits per heavy atom. The summed E-state index contributed by atoms with van der Waals surface area (Å²) in [4.78, 5) is 4.72. The van der Waals surface area contributed by atoms with Crippen LogP contribution in [-0.2, 0) is 13.2 Å². The Morgan fingerprint density at radius 2 is 1.61 bits per heavy atom. The van der Waals surface area contributed by atoms with E-state index in [9.17, 15) is 5.11 Å². The van der Waals surface area contributed by atoms with Gasteiger partial charge >= 0.3 is 0 Å². The topological polar surface area (TPSA) is 56.5 Å². The maximum Gasteiger partial charge on any atom is 0.148 e. The lowest BCUT2D eigenvalue weighted by Crippen LogP contribution is -2.25. The standard InChI is InChI=1S/C26H28N2O3/c1-18-8-11-22(12-9-18)31-17-26-27-24-6-4-5-7-25(24)28(26)15-21(29)16-30-23-13-10-19(2)20(3)14-23/h4-14,21,29H,15-17H2,1-3H3. The van der Waals surface area contributed by atoms with Crippen molar-refractivity contribution < 1.29 is 14.6 Å². The number of aliphatic hydroxyl groups is 1. The van der Waals surface area contributed by atoms with E-state index < -0.39 is 6.10 Å². The van der Waals surface area contributed by atoms with Crippen LogP contribution >= 0.6 is 0 Å². The van der Waals surface area contributed by atoms with Gasteiger partial charge in [0.05, 0.1) is 17.6 Å². The molecule has 0 saturated heterocycles. The maximum atomic E-state index is 10.7. The number of aromatic nitrogens is 2. The average Bonchev–Trinajstić information content (AvgIpc) is 3.11. The highest BCUT2D eigenvalue weighted by Crippen LogP contribution is 2.20. The summed E-state index contributed by atoms with van der Waals surface area (Å²) in [5, 5.41) is 10.7. The van der Waals surface area contributed by atoms with Crippen LogP contribution < -0.4 is 9.47 Å². The zero-order valence-electron chi connectivity index (χ0n) is 18.2. The van der Waals surface area contributed by atoms with Crippen LogP contribution in [0.25, 0.3) is 11.0 Å². The van der Waals surface area contributed by atoms with Crippen molar-refractivity contribution in [3.8, 4) is 11.5 Å². The number of ether oxygens (including phenoxy) is 2. The van der Waals surface area contributed by atoms with Gasteiger partial charge in [0, 0.05) is 0 Å². The summed E-state index contributed by atoms with van der Waals surface area (Å²) >= 11 is 0. The third kappa shape index (κ3) is 5.06. The van der Waals surface area contributed by atoms with E-state index >= 15 is 0 Å². The molecule has 1 atom stereocenters. The van der Waals surface area contributed by atoms with Crippen molar-refractivity contribution in [1.29, 1.82) is 0 Å². The average molecular weight is 417 g/mol. The lowest BCUT2D eigenvalue weighted by molar-refractivity contribution is 0.0917. The Kier molecular flexibility index (Phi) is 6.23. The van der Waals surface area contributed by atoms with Gasteiger partial charge in [-0.15, -0.1) is 0 Å². The normalized spacial score (nSPS) is 12.1. The fourth-order valence-electron chi connectivity index (χ4n) is 3.48. The third-order valence-corrected chi connectivity index (χ3v) is 5.44. The first-order valence-electron chi connectivity index (χ1n) is 10.5. The van der Waals surface area contributed by atoms with Crippen molar-refractivity contribution >= 4 is 11.0 Å². The molecule has 5 nitrogen and oxygen atoms in total. The van der Waals surface area contributed by atoms with Crippen LogP contribution in [0.4, 0.5) is 0 Å². The minimum Gasteiger partial charge on any atom is -0.491 e. The van der Waals surface area contributed by atoms with Crippen molar-refractivity contribution in [2.45, 2.75) is 40.0 Å². The minimum atomic E-state index is -0.683. The molecule has 0 bridgehead atoms. The largest absolute Gasteiger partial charge is 0.491 e. The summed E-state index contributed by atoms with van der Waals surface area (Å²) in [5.41, 5.74) is 5.42. The van der Waals surface area contributed by atoms with Gasteiger partial charge in [-0.1, -0.05) is 35.9 Å². The Morgan fingerprint density at radius 3 is 2.39 bits per heavy atom. The maximum absolute atomic E-state index is 10.7. The van der Waals surface area contributed by atoms with Gasteiger partial charge < -0.3 is 19.1 Å². The molecule has 1 unspecified atom stereocenters. The quantitative estimate of drug-likeness (QED) is 0.440. The summed E-state index contributed by atoms with van der Waals surface area (Å²) < 4.78 is 13.8. The Labute approximate surface area is 182 Å². The van der Waals surface area contributed by atoms with E-state index in [-0.39, 0.29) is 6.61 Å². The molecule has 4 aromatic rings. The van der Waals surface area contributed by atoms with Gasteiger partial charge in [-0.3, -0.25) is 0 Å². The van der Waals surface area contributed by atoms with Crippen LogP contribution in [0.2, 0.25) is 0 Å². The Bertz CT molecular complexity index is 1170. The number of benzene rings is 3. The van der Waals surface area contributed by atoms with E-state index in [0.29, 0.717) is 13.2 Å². The summed E-state index contributed by atoms with van der Waals surface area (Å²) in [6, 6.07) is 21.8. The monoisotopic (exact) mass is 416 g/mol. The van der Waals surface area contributed by atoms with E-state index in [4.69, 9.17) is 14.5 Å². The van der Waals surface area contributed by atoms with E-state index in [1.165, 1.54) is 16.7 Å². The van der Waals surface area contributed by atoms with Gasteiger partial charge in [-0.05, 0) is 68.3 Å². The number of aryl methyl sites for hydroxylation is 3. The summed E-state index contributed by atoms with van der Waals surface area (Å²) in [5.74, 6) is 2.33. The summed E-state index contributed by atoms with van der Waals surface area (Å²) in [6.45, 7) is 7.06.